The fourth-order valence-electron chi connectivity index (χ4n) is 1.76. The Kier molecular flexibility index (Phi) is 4.47. The van der Waals surface area contributed by atoms with Crippen LogP contribution in [0.5, 0.6) is 0 Å². The van der Waals surface area contributed by atoms with E-state index in [0.29, 0.717) is 12.6 Å². The Bertz CT molecular complexity index is 421. The first kappa shape index (κ1) is 13.9. The minimum atomic E-state index is 0.210. The van der Waals surface area contributed by atoms with Crippen molar-refractivity contribution in [2.45, 2.75) is 40.7 Å². The second kappa shape index (κ2) is 5.46. The van der Waals surface area contributed by atoms with Crippen molar-refractivity contribution in [1.29, 1.82) is 0 Å². The van der Waals surface area contributed by atoms with Crippen molar-refractivity contribution < 1.29 is 4.79 Å². The van der Waals surface area contributed by atoms with E-state index in [4.69, 9.17) is 0 Å². The van der Waals surface area contributed by atoms with E-state index in [1.165, 1.54) is 11.1 Å². The molecule has 0 unspecified atom stereocenters. The Morgan fingerprint density at radius 1 is 1.12 bits per heavy atom. The Hall–Kier alpha value is -1.15. The van der Waals surface area contributed by atoms with Crippen molar-refractivity contribution in [2.75, 3.05) is 13.6 Å². The monoisotopic (exact) mass is 233 g/mol. The molecule has 0 aliphatic carbocycles. The molecule has 1 aromatic rings. The third-order valence-corrected chi connectivity index (χ3v) is 3.42. The highest BCUT2D eigenvalue weighted by Crippen LogP contribution is 2.16. The number of carbonyl (C=O) groups excluding carboxylic acids is 1. The SMILES string of the molecule is Cc1cc(C)c(C(=O)CN(C)C(C)C)cc1C. The fraction of sp³-hybridized carbons (Fsp3) is 0.533. The minimum absolute atomic E-state index is 0.210. The molecule has 0 N–H and O–H groups in total. The van der Waals surface area contributed by atoms with Gasteiger partial charge in [0.1, 0.15) is 0 Å². The third kappa shape index (κ3) is 3.40. The predicted molar refractivity (Wildman–Crippen MR) is 72.7 cm³/mol. The maximum Gasteiger partial charge on any atom is 0.177 e. The first-order chi connectivity index (χ1) is 7.82. The zero-order valence-electron chi connectivity index (χ0n) is 11.8. The van der Waals surface area contributed by atoms with Crippen LogP contribution in [0.25, 0.3) is 0 Å². The summed E-state index contributed by atoms with van der Waals surface area (Å²) in [6.07, 6.45) is 0. The zero-order chi connectivity index (χ0) is 13.2. The molecule has 0 saturated carbocycles. The number of likely N-dealkylation sites (N-methyl/N-ethyl adjacent to an activating group) is 1. The van der Waals surface area contributed by atoms with E-state index in [2.05, 4.69) is 38.7 Å². The van der Waals surface area contributed by atoms with Gasteiger partial charge in [0.05, 0.1) is 6.54 Å². The number of carbonyl (C=O) groups is 1. The number of nitrogens with zero attached hydrogens (tertiary/aromatic N) is 1. The summed E-state index contributed by atoms with van der Waals surface area (Å²) in [5, 5.41) is 0. The molecule has 1 aromatic carbocycles. The van der Waals surface area contributed by atoms with Gasteiger partial charge in [-0.05, 0) is 64.4 Å². The smallest absolute Gasteiger partial charge is 0.177 e. The summed E-state index contributed by atoms with van der Waals surface area (Å²) in [4.78, 5) is 14.3. The molecule has 0 aliphatic heterocycles. The topological polar surface area (TPSA) is 20.3 Å². The Morgan fingerprint density at radius 3 is 2.18 bits per heavy atom. The number of aryl methyl sites for hydroxylation is 3. The molecule has 0 aromatic heterocycles. The standard InChI is InChI=1S/C15H23NO/c1-10(2)16(6)9-15(17)14-8-12(4)11(3)7-13(14)5/h7-8,10H,9H2,1-6H3. The van der Waals surface area contributed by atoms with E-state index in [0.717, 1.165) is 11.1 Å². The molecule has 0 spiro atoms. The van der Waals surface area contributed by atoms with E-state index < -0.39 is 0 Å². The third-order valence-electron chi connectivity index (χ3n) is 3.42. The lowest BCUT2D eigenvalue weighted by Crippen LogP contribution is -2.32. The van der Waals surface area contributed by atoms with Gasteiger partial charge < -0.3 is 0 Å². The lowest BCUT2D eigenvalue weighted by Gasteiger charge is -2.20. The zero-order valence-corrected chi connectivity index (χ0v) is 11.8. The molecular formula is C15H23NO. The van der Waals surface area contributed by atoms with E-state index >= 15 is 0 Å². The highest BCUT2D eigenvalue weighted by Gasteiger charge is 2.14. The van der Waals surface area contributed by atoms with Gasteiger partial charge >= 0.3 is 0 Å². The second-order valence-electron chi connectivity index (χ2n) is 5.18. The van der Waals surface area contributed by atoms with Crippen LogP contribution >= 0.6 is 0 Å². The summed E-state index contributed by atoms with van der Waals surface area (Å²) < 4.78 is 0. The van der Waals surface area contributed by atoms with E-state index in [1.807, 2.05) is 20.0 Å². The van der Waals surface area contributed by atoms with Crippen molar-refractivity contribution >= 4 is 5.78 Å². The largest absolute Gasteiger partial charge is 0.296 e. The Morgan fingerprint density at radius 2 is 1.65 bits per heavy atom. The average molecular weight is 233 g/mol. The summed E-state index contributed by atoms with van der Waals surface area (Å²) in [5.41, 5.74) is 4.37. The number of hydrogen-bond acceptors (Lipinski definition) is 2. The molecule has 0 radical (unpaired) electrons. The highest BCUT2D eigenvalue weighted by atomic mass is 16.1. The highest BCUT2D eigenvalue weighted by molar-refractivity contribution is 5.99. The summed E-state index contributed by atoms with van der Waals surface area (Å²) in [5.74, 6) is 0.210. The summed E-state index contributed by atoms with van der Waals surface area (Å²) in [6.45, 7) is 10.8. The molecule has 94 valence electrons. The predicted octanol–water partition coefficient (Wildman–Crippen LogP) is 3.13. The van der Waals surface area contributed by atoms with Crippen molar-refractivity contribution in [2.24, 2.45) is 0 Å². The van der Waals surface area contributed by atoms with Crippen molar-refractivity contribution in [3.05, 3.63) is 34.4 Å². The van der Waals surface area contributed by atoms with Crippen LogP contribution < -0.4 is 0 Å². The summed E-state index contributed by atoms with van der Waals surface area (Å²) >= 11 is 0. The van der Waals surface area contributed by atoms with Gasteiger partial charge in [-0.15, -0.1) is 0 Å². The van der Waals surface area contributed by atoms with E-state index in [-0.39, 0.29) is 5.78 Å². The molecule has 0 heterocycles. The lowest BCUT2D eigenvalue weighted by atomic mass is 9.98. The molecule has 0 atom stereocenters. The van der Waals surface area contributed by atoms with Crippen LogP contribution in [-0.4, -0.2) is 30.3 Å². The number of hydrogen-bond donors (Lipinski definition) is 0. The fourth-order valence-corrected chi connectivity index (χ4v) is 1.76. The van der Waals surface area contributed by atoms with Crippen LogP contribution in [0.2, 0.25) is 0 Å². The van der Waals surface area contributed by atoms with Crippen molar-refractivity contribution in [3.63, 3.8) is 0 Å². The quantitative estimate of drug-likeness (QED) is 0.745. The van der Waals surface area contributed by atoms with Crippen molar-refractivity contribution in [3.8, 4) is 0 Å². The maximum absolute atomic E-state index is 12.2. The van der Waals surface area contributed by atoms with Gasteiger partial charge in [-0.2, -0.15) is 0 Å². The van der Waals surface area contributed by atoms with Crippen LogP contribution in [0.15, 0.2) is 12.1 Å². The minimum Gasteiger partial charge on any atom is -0.296 e. The molecule has 2 heteroatoms. The van der Waals surface area contributed by atoms with Gasteiger partial charge in [-0.3, -0.25) is 9.69 Å². The van der Waals surface area contributed by atoms with Gasteiger partial charge in [-0.25, -0.2) is 0 Å². The number of benzene rings is 1. The molecular weight excluding hydrogens is 210 g/mol. The first-order valence-corrected chi connectivity index (χ1v) is 6.14. The molecule has 0 fully saturated rings. The second-order valence-corrected chi connectivity index (χ2v) is 5.18. The molecule has 17 heavy (non-hydrogen) atoms. The lowest BCUT2D eigenvalue weighted by molar-refractivity contribution is 0.0929. The van der Waals surface area contributed by atoms with Crippen LogP contribution in [-0.2, 0) is 0 Å². The van der Waals surface area contributed by atoms with Crippen LogP contribution in [0.4, 0.5) is 0 Å². The van der Waals surface area contributed by atoms with Crippen LogP contribution in [0.1, 0.15) is 40.9 Å². The first-order valence-electron chi connectivity index (χ1n) is 6.14. The number of rotatable bonds is 4. The van der Waals surface area contributed by atoms with Gasteiger partial charge in [0.15, 0.2) is 5.78 Å². The van der Waals surface area contributed by atoms with Gasteiger partial charge in [0.25, 0.3) is 0 Å². The normalized spacial score (nSPS) is 11.3. The summed E-state index contributed by atoms with van der Waals surface area (Å²) in [7, 11) is 1.99. The average Bonchev–Trinajstić information content (AvgIpc) is 2.22. The number of ketones is 1. The van der Waals surface area contributed by atoms with Crippen LogP contribution in [0, 0.1) is 20.8 Å². The van der Waals surface area contributed by atoms with Crippen molar-refractivity contribution in [1.82, 2.24) is 4.90 Å². The Labute approximate surface area is 105 Å². The maximum atomic E-state index is 12.2. The van der Waals surface area contributed by atoms with Gasteiger partial charge in [-0.1, -0.05) is 6.07 Å². The van der Waals surface area contributed by atoms with E-state index in [1.54, 1.807) is 0 Å². The molecule has 0 aliphatic rings. The molecule has 0 saturated heterocycles. The molecule has 0 amide bonds. The van der Waals surface area contributed by atoms with Gasteiger partial charge in [0, 0.05) is 11.6 Å². The van der Waals surface area contributed by atoms with Gasteiger partial charge in [0.2, 0.25) is 0 Å². The summed E-state index contributed by atoms with van der Waals surface area (Å²) in [6, 6.07) is 4.50. The number of Topliss-reactive ketones (excluding diaryl/α,β-unsaturated/α-hetero) is 1. The molecule has 1 rings (SSSR count). The van der Waals surface area contributed by atoms with Crippen LogP contribution in [0.3, 0.4) is 0 Å². The molecule has 2 nitrogen and oxygen atoms in total. The Balaban J connectivity index is 2.93. The molecule has 0 bridgehead atoms. The van der Waals surface area contributed by atoms with E-state index in [9.17, 15) is 4.79 Å².